The van der Waals surface area contributed by atoms with Crippen LogP contribution < -0.4 is 5.32 Å². The van der Waals surface area contributed by atoms with Gasteiger partial charge in [-0.05, 0) is 55.8 Å². The molecule has 6 heteroatoms. The van der Waals surface area contributed by atoms with Gasteiger partial charge in [0, 0.05) is 16.9 Å². The van der Waals surface area contributed by atoms with E-state index in [-0.39, 0.29) is 5.91 Å². The van der Waals surface area contributed by atoms with E-state index in [1.165, 1.54) is 7.11 Å². The second-order valence-electron chi connectivity index (χ2n) is 6.31. The zero-order valence-electron chi connectivity index (χ0n) is 15.5. The average molecular weight is 363 g/mol. The standard InChI is InChI=1S/C21H21N3O3/c1-14-11-15(2)24(23-14)13-16-7-9-17(10-8-16)20(25)22-19-6-4-5-18(12-19)21(26)27-3/h4-12H,13H2,1-3H3,(H,22,25). The van der Waals surface area contributed by atoms with Crippen molar-refractivity contribution in [2.75, 3.05) is 12.4 Å². The van der Waals surface area contributed by atoms with Crippen LogP contribution in [0.4, 0.5) is 5.69 Å². The molecule has 0 fully saturated rings. The molecule has 1 amide bonds. The van der Waals surface area contributed by atoms with Gasteiger partial charge < -0.3 is 10.1 Å². The highest BCUT2D eigenvalue weighted by Gasteiger charge is 2.10. The predicted molar refractivity (Wildman–Crippen MR) is 103 cm³/mol. The van der Waals surface area contributed by atoms with Crippen molar-refractivity contribution in [1.29, 1.82) is 0 Å². The lowest BCUT2D eigenvalue weighted by Crippen LogP contribution is -2.13. The molecule has 0 aliphatic rings. The number of anilines is 1. The molecule has 0 aliphatic carbocycles. The predicted octanol–water partition coefficient (Wildman–Crippen LogP) is 3.59. The van der Waals surface area contributed by atoms with Gasteiger partial charge in [0.1, 0.15) is 0 Å². The van der Waals surface area contributed by atoms with Crippen LogP contribution in [0, 0.1) is 13.8 Å². The third-order valence-electron chi connectivity index (χ3n) is 4.19. The van der Waals surface area contributed by atoms with Gasteiger partial charge in [0.25, 0.3) is 5.91 Å². The van der Waals surface area contributed by atoms with E-state index in [0.717, 1.165) is 17.0 Å². The first-order chi connectivity index (χ1) is 13.0. The van der Waals surface area contributed by atoms with Gasteiger partial charge in [-0.2, -0.15) is 5.10 Å². The largest absolute Gasteiger partial charge is 0.465 e. The van der Waals surface area contributed by atoms with Crippen molar-refractivity contribution in [2.45, 2.75) is 20.4 Å². The molecule has 0 bridgehead atoms. The van der Waals surface area contributed by atoms with Crippen LogP contribution >= 0.6 is 0 Å². The fourth-order valence-corrected chi connectivity index (χ4v) is 2.81. The molecular weight excluding hydrogens is 342 g/mol. The van der Waals surface area contributed by atoms with Crippen LogP contribution in [0.1, 0.15) is 37.7 Å². The van der Waals surface area contributed by atoms with Crippen LogP contribution in [0.5, 0.6) is 0 Å². The Balaban J connectivity index is 1.69. The third kappa shape index (κ3) is 4.41. The molecule has 0 aliphatic heterocycles. The van der Waals surface area contributed by atoms with E-state index in [1.54, 1.807) is 36.4 Å². The number of carbonyl (C=O) groups is 2. The number of aryl methyl sites for hydroxylation is 2. The van der Waals surface area contributed by atoms with Gasteiger partial charge in [0.05, 0.1) is 24.9 Å². The number of carbonyl (C=O) groups excluding carboxylic acids is 2. The van der Waals surface area contributed by atoms with Crippen LogP contribution in [-0.2, 0) is 11.3 Å². The van der Waals surface area contributed by atoms with Crippen molar-refractivity contribution in [1.82, 2.24) is 9.78 Å². The summed E-state index contributed by atoms with van der Waals surface area (Å²) in [6.45, 7) is 4.64. The smallest absolute Gasteiger partial charge is 0.337 e. The summed E-state index contributed by atoms with van der Waals surface area (Å²) in [6.07, 6.45) is 0. The molecule has 1 aromatic heterocycles. The summed E-state index contributed by atoms with van der Waals surface area (Å²) in [5, 5.41) is 7.24. The number of methoxy groups -OCH3 is 1. The van der Waals surface area contributed by atoms with Gasteiger partial charge in [-0.1, -0.05) is 18.2 Å². The van der Waals surface area contributed by atoms with Gasteiger partial charge in [-0.15, -0.1) is 0 Å². The first-order valence-corrected chi connectivity index (χ1v) is 8.56. The topological polar surface area (TPSA) is 73.2 Å². The molecule has 0 saturated carbocycles. The van der Waals surface area contributed by atoms with E-state index >= 15 is 0 Å². The summed E-state index contributed by atoms with van der Waals surface area (Å²) in [6, 6.07) is 16.1. The molecule has 138 valence electrons. The number of hydrogen-bond acceptors (Lipinski definition) is 4. The number of nitrogens with one attached hydrogen (secondary N) is 1. The number of hydrogen-bond donors (Lipinski definition) is 1. The Labute approximate surface area is 157 Å². The molecule has 0 spiro atoms. The maximum atomic E-state index is 12.4. The number of esters is 1. The normalized spacial score (nSPS) is 10.5. The molecule has 0 unspecified atom stereocenters. The van der Waals surface area contributed by atoms with Crippen molar-refractivity contribution in [3.63, 3.8) is 0 Å². The van der Waals surface area contributed by atoms with Crippen molar-refractivity contribution in [3.05, 3.63) is 82.7 Å². The Morgan fingerprint density at radius 3 is 2.41 bits per heavy atom. The number of amides is 1. The van der Waals surface area contributed by atoms with Crippen LogP contribution in [0.25, 0.3) is 0 Å². The molecule has 6 nitrogen and oxygen atoms in total. The highest BCUT2D eigenvalue weighted by molar-refractivity contribution is 6.04. The molecule has 2 aromatic carbocycles. The highest BCUT2D eigenvalue weighted by Crippen LogP contribution is 2.14. The zero-order chi connectivity index (χ0) is 19.4. The second kappa shape index (κ2) is 7.86. The van der Waals surface area contributed by atoms with Gasteiger partial charge in [0.2, 0.25) is 0 Å². The van der Waals surface area contributed by atoms with E-state index in [0.29, 0.717) is 23.4 Å². The van der Waals surface area contributed by atoms with E-state index in [4.69, 9.17) is 4.74 Å². The third-order valence-corrected chi connectivity index (χ3v) is 4.19. The molecule has 3 aromatic rings. The summed E-state index contributed by atoms with van der Waals surface area (Å²) < 4.78 is 6.63. The molecule has 0 saturated heterocycles. The van der Waals surface area contributed by atoms with Gasteiger partial charge in [0.15, 0.2) is 0 Å². The second-order valence-corrected chi connectivity index (χ2v) is 6.31. The fraction of sp³-hybridized carbons (Fsp3) is 0.190. The lowest BCUT2D eigenvalue weighted by Gasteiger charge is -2.08. The molecule has 1 N–H and O–H groups in total. The number of nitrogens with zero attached hydrogens (tertiary/aromatic N) is 2. The SMILES string of the molecule is COC(=O)c1cccc(NC(=O)c2ccc(Cn3nc(C)cc3C)cc2)c1. The van der Waals surface area contributed by atoms with Gasteiger partial charge in [-0.25, -0.2) is 4.79 Å². The van der Waals surface area contributed by atoms with Gasteiger partial charge >= 0.3 is 5.97 Å². The first-order valence-electron chi connectivity index (χ1n) is 8.56. The number of rotatable bonds is 5. The molecule has 3 rings (SSSR count). The number of benzene rings is 2. The summed E-state index contributed by atoms with van der Waals surface area (Å²) >= 11 is 0. The minimum atomic E-state index is -0.445. The summed E-state index contributed by atoms with van der Waals surface area (Å²) in [7, 11) is 1.32. The van der Waals surface area contributed by atoms with E-state index < -0.39 is 5.97 Å². The first kappa shape index (κ1) is 18.4. The fourth-order valence-electron chi connectivity index (χ4n) is 2.81. The Hall–Kier alpha value is -3.41. The minimum Gasteiger partial charge on any atom is -0.465 e. The Kier molecular flexibility index (Phi) is 5.35. The Bertz CT molecular complexity index is 975. The van der Waals surface area contributed by atoms with Crippen molar-refractivity contribution in [2.24, 2.45) is 0 Å². The van der Waals surface area contributed by atoms with Crippen LogP contribution in [0.2, 0.25) is 0 Å². The summed E-state index contributed by atoms with van der Waals surface area (Å²) in [5.41, 5.74) is 4.60. The molecule has 0 radical (unpaired) electrons. The van der Waals surface area contributed by atoms with Crippen molar-refractivity contribution >= 4 is 17.6 Å². The quantitative estimate of drug-likeness (QED) is 0.703. The molecular formula is C21H21N3O3. The number of ether oxygens (including phenoxy) is 1. The molecule has 1 heterocycles. The van der Waals surface area contributed by atoms with E-state index in [9.17, 15) is 9.59 Å². The van der Waals surface area contributed by atoms with Crippen LogP contribution in [-0.4, -0.2) is 28.8 Å². The number of aromatic nitrogens is 2. The molecule has 0 atom stereocenters. The Morgan fingerprint density at radius 2 is 1.78 bits per heavy atom. The van der Waals surface area contributed by atoms with Crippen LogP contribution in [0.15, 0.2) is 54.6 Å². The minimum absolute atomic E-state index is 0.241. The van der Waals surface area contributed by atoms with Gasteiger partial charge in [-0.3, -0.25) is 9.48 Å². The summed E-state index contributed by atoms with van der Waals surface area (Å²) in [5.74, 6) is -0.686. The van der Waals surface area contributed by atoms with E-state index in [1.807, 2.05) is 36.7 Å². The lowest BCUT2D eigenvalue weighted by molar-refractivity contribution is 0.0600. The van der Waals surface area contributed by atoms with Crippen LogP contribution in [0.3, 0.4) is 0 Å². The maximum Gasteiger partial charge on any atom is 0.337 e. The zero-order valence-corrected chi connectivity index (χ0v) is 15.5. The Morgan fingerprint density at radius 1 is 1.04 bits per heavy atom. The summed E-state index contributed by atoms with van der Waals surface area (Å²) in [4.78, 5) is 24.0. The van der Waals surface area contributed by atoms with Crippen molar-refractivity contribution < 1.29 is 14.3 Å². The van der Waals surface area contributed by atoms with Crippen molar-refractivity contribution in [3.8, 4) is 0 Å². The monoisotopic (exact) mass is 363 g/mol. The lowest BCUT2D eigenvalue weighted by atomic mass is 10.1. The molecule has 27 heavy (non-hydrogen) atoms. The highest BCUT2D eigenvalue weighted by atomic mass is 16.5. The average Bonchev–Trinajstić information content (AvgIpc) is 2.98. The maximum absolute atomic E-state index is 12.4. The van der Waals surface area contributed by atoms with E-state index in [2.05, 4.69) is 10.4 Å².